The van der Waals surface area contributed by atoms with Crippen molar-refractivity contribution in [1.82, 2.24) is 5.32 Å². The van der Waals surface area contributed by atoms with Crippen LogP contribution in [0.1, 0.15) is 29.9 Å². The smallest absolute Gasteiger partial charge is 0.282 e. The molecule has 2 rings (SSSR count). The molecule has 1 aliphatic carbocycles. The van der Waals surface area contributed by atoms with Crippen LogP contribution in [0.2, 0.25) is 0 Å². The zero-order valence-corrected chi connectivity index (χ0v) is 10.5. The minimum Gasteiger partial charge on any atom is -0.390 e. The van der Waals surface area contributed by atoms with Crippen molar-refractivity contribution in [2.24, 2.45) is 0 Å². The first kappa shape index (κ1) is 13.4. The van der Waals surface area contributed by atoms with Crippen LogP contribution in [0.4, 0.5) is 8.78 Å². The summed E-state index contributed by atoms with van der Waals surface area (Å²) in [6, 6.07) is 8.36. The van der Waals surface area contributed by atoms with E-state index in [0.717, 1.165) is 12.8 Å². The maximum Gasteiger partial charge on any atom is 0.282 e. The van der Waals surface area contributed by atoms with Crippen LogP contribution >= 0.6 is 0 Å². The molecule has 1 fully saturated rings. The van der Waals surface area contributed by atoms with Gasteiger partial charge in [-0.15, -0.1) is 0 Å². The Morgan fingerprint density at radius 1 is 1.33 bits per heavy atom. The standard InChI is InChI=1S/C14H19F2NO/c1-10-4-2-3-5-13(10)11-6-12(7-11)17-8-14(15,16)9-18/h2-5,11-12,17-18H,6-9H2,1H3. The molecule has 2 N–H and O–H groups in total. The molecule has 4 heteroatoms. The van der Waals surface area contributed by atoms with Gasteiger partial charge in [0, 0.05) is 6.04 Å². The lowest BCUT2D eigenvalue weighted by Gasteiger charge is -2.37. The normalized spacial score (nSPS) is 23.8. The minimum absolute atomic E-state index is 0.145. The third kappa shape index (κ3) is 3.06. The molecule has 2 nitrogen and oxygen atoms in total. The van der Waals surface area contributed by atoms with E-state index >= 15 is 0 Å². The first-order valence-corrected chi connectivity index (χ1v) is 6.29. The molecule has 0 aliphatic heterocycles. The van der Waals surface area contributed by atoms with Gasteiger partial charge in [-0.25, -0.2) is 8.78 Å². The number of nitrogens with one attached hydrogen (secondary N) is 1. The molecule has 0 bridgehead atoms. The molecule has 0 aromatic heterocycles. The number of rotatable bonds is 5. The molecule has 1 aliphatic rings. The highest BCUT2D eigenvalue weighted by Crippen LogP contribution is 2.38. The van der Waals surface area contributed by atoms with Crippen molar-refractivity contribution in [3.05, 3.63) is 35.4 Å². The minimum atomic E-state index is -3.01. The van der Waals surface area contributed by atoms with Crippen molar-refractivity contribution >= 4 is 0 Å². The summed E-state index contributed by atoms with van der Waals surface area (Å²) in [6.45, 7) is 0.554. The van der Waals surface area contributed by atoms with Gasteiger partial charge in [0.25, 0.3) is 5.92 Å². The molecule has 0 atom stereocenters. The summed E-state index contributed by atoms with van der Waals surface area (Å²) < 4.78 is 25.7. The van der Waals surface area contributed by atoms with E-state index in [-0.39, 0.29) is 6.04 Å². The van der Waals surface area contributed by atoms with Gasteiger partial charge in [-0.3, -0.25) is 0 Å². The second kappa shape index (κ2) is 5.33. The molecule has 0 amide bonds. The van der Waals surface area contributed by atoms with Gasteiger partial charge < -0.3 is 10.4 Å². The quantitative estimate of drug-likeness (QED) is 0.847. The third-order valence-electron chi connectivity index (χ3n) is 3.65. The van der Waals surface area contributed by atoms with Crippen molar-refractivity contribution in [2.45, 2.75) is 37.6 Å². The average molecular weight is 255 g/mol. The predicted molar refractivity (Wildman–Crippen MR) is 67.0 cm³/mol. The molecular weight excluding hydrogens is 236 g/mol. The van der Waals surface area contributed by atoms with Gasteiger partial charge in [0.2, 0.25) is 0 Å². The van der Waals surface area contributed by atoms with Crippen LogP contribution in [0.25, 0.3) is 0 Å². The van der Waals surface area contributed by atoms with Gasteiger partial charge in [-0.2, -0.15) is 0 Å². The number of alkyl halides is 2. The van der Waals surface area contributed by atoms with Gasteiger partial charge in [-0.1, -0.05) is 24.3 Å². The number of halogens is 2. The van der Waals surface area contributed by atoms with Gasteiger partial charge in [0.05, 0.1) is 6.54 Å². The molecule has 18 heavy (non-hydrogen) atoms. The van der Waals surface area contributed by atoms with E-state index in [2.05, 4.69) is 24.4 Å². The molecule has 1 saturated carbocycles. The highest BCUT2D eigenvalue weighted by Gasteiger charge is 2.34. The molecule has 0 spiro atoms. The van der Waals surface area contributed by atoms with Crippen LogP contribution in [-0.2, 0) is 0 Å². The van der Waals surface area contributed by atoms with Crippen LogP contribution in [0.3, 0.4) is 0 Å². The summed E-state index contributed by atoms with van der Waals surface area (Å²) in [7, 11) is 0. The van der Waals surface area contributed by atoms with Crippen molar-refractivity contribution < 1.29 is 13.9 Å². The molecular formula is C14H19F2NO. The van der Waals surface area contributed by atoms with Gasteiger partial charge >= 0.3 is 0 Å². The predicted octanol–water partition coefficient (Wildman–Crippen LogP) is 2.46. The van der Waals surface area contributed by atoms with Gasteiger partial charge in [0.1, 0.15) is 6.61 Å². The summed E-state index contributed by atoms with van der Waals surface area (Å²) in [6.07, 6.45) is 1.79. The summed E-state index contributed by atoms with van der Waals surface area (Å²) in [5.74, 6) is -2.53. The fourth-order valence-corrected chi connectivity index (χ4v) is 2.43. The molecule has 0 radical (unpaired) electrons. The number of aliphatic hydroxyl groups is 1. The second-order valence-corrected chi connectivity index (χ2v) is 5.12. The molecule has 0 unspecified atom stereocenters. The highest BCUT2D eigenvalue weighted by atomic mass is 19.3. The highest BCUT2D eigenvalue weighted by molar-refractivity contribution is 5.31. The molecule has 1 aromatic rings. The van der Waals surface area contributed by atoms with Crippen LogP contribution in [-0.4, -0.2) is 30.2 Å². The van der Waals surface area contributed by atoms with Crippen LogP contribution in [0.15, 0.2) is 24.3 Å². The first-order valence-electron chi connectivity index (χ1n) is 6.29. The molecule has 100 valence electrons. The number of hydrogen-bond acceptors (Lipinski definition) is 2. The lowest BCUT2D eigenvalue weighted by Crippen LogP contribution is -2.46. The van der Waals surface area contributed by atoms with Gasteiger partial charge in [0.15, 0.2) is 0 Å². The van der Waals surface area contributed by atoms with E-state index in [1.54, 1.807) is 0 Å². The topological polar surface area (TPSA) is 32.3 Å². The number of aliphatic hydroxyl groups excluding tert-OH is 1. The Balaban J connectivity index is 1.79. The zero-order valence-electron chi connectivity index (χ0n) is 10.5. The maximum atomic E-state index is 12.8. The van der Waals surface area contributed by atoms with Crippen LogP contribution in [0, 0.1) is 6.92 Å². The molecule has 0 saturated heterocycles. The first-order chi connectivity index (χ1) is 8.52. The summed E-state index contributed by atoms with van der Waals surface area (Å²) in [5.41, 5.74) is 2.59. The van der Waals surface area contributed by atoms with E-state index < -0.39 is 19.1 Å². The Bertz CT molecular complexity index is 403. The largest absolute Gasteiger partial charge is 0.390 e. The third-order valence-corrected chi connectivity index (χ3v) is 3.65. The van der Waals surface area contributed by atoms with Gasteiger partial charge in [-0.05, 0) is 36.8 Å². The Labute approximate surface area is 106 Å². The van der Waals surface area contributed by atoms with E-state index in [1.165, 1.54) is 11.1 Å². The Morgan fingerprint density at radius 2 is 2.00 bits per heavy atom. The summed E-state index contributed by atoms with van der Waals surface area (Å²) >= 11 is 0. The maximum absolute atomic E-state index is 12.8. The number of hydrogen-bond donors (Lipinski definition) is 2. The Kier molecular flexibility index (Phi) is 3.97. The number of aryl methyl sites for hydroxylation is 1. The van der Waals surface area contributed by atoms with E-state index in [9.17, 15) is 8.78 Å². The van der Waals surface area contributed by atoms with Crippen LogP contribution in [0.5, 0.6) is 0 Å². The molecule has 0 heterocycles. The van der Waals surface area contributed by atoms with Crippen LogP contribution < -0.4 is 5.32 Å². The van der Waals surface area contributed by atoms with Crippen molar-refractivity contribution in [1.29, 1.82) is 0 Å². The SMILES string of the molecule is Cc1ccccc1C1CC(NCC(F)(F)CO)C1. The van der Waals surface area contributed by atoms with E-state index in [1.807, 2.05) is 12.1 Å². The van der Waals surface area contributed by atoms with Crippen molar-refractivity contribution in [2.75, 3.05) is 13.2 Å². The van der Waals surface area contributed by atoms with E-state index in [4.69, 9.17) is 5.11 Å². The lowest BCUT2D eigenvalue weighted by atomic mass is 9.74. The summed E-state index contributed by atoms with van der Waals surface area (Å²) in [4.78, 5) is 0. The molecule has 1 aromatic carbocycles. The zero-order chi connectivity index (χ0) is 13.2. The monoisotopic (exact) mass is 255 g/mol. The fourth-order valence-electron chi connectivity index (χ4n) is 2.43. The lowest BCUT2D eigenvalue weighted by molar-refractivity contribution is -0.0512. The Morgan fingerprint density at radius 3 is 2.61 bits per heavy atom. The fraction of sp³-hybridized carbons (Fsp3) is 0.571. The van der Waals surface area contributed by atoms with Crippen molar-refractivity contribution in [3.8, 4) is 0 Å². The second-order valence-electron chi connectivity index (χ2n) is 5.12. The van der Waals surface area contributed by atoms with E-state index in [0.29, 0.717) is 5.92 Å². The summed E-state index contributed by atoms with van der Waals surface area (Å²) in [5, 5.41) is 11.3. The van der Waals surface area contributed by atoms with Crippen molar-refractivity contribution in [3.63, 3.8) is 0 Å². The Hall–Kier alpha value is -1.00. The number of benzene rings is 1. The average Bonchev–Trinajstić information content (AvgIpc) is 2.29.